The van der Waals surface area contributed by atoms with Crippen molar-refractivity contribution in [2.45, 2.75) is 32.8 Å². The van der Waals surface area contributed by atoms with Crippen LogP contribution in [0, 0.1) is 0 Å². The van der Waals surface area contributed by atoms with Gasteiger partial charge in [0.25, 0.3) is 0 Å². The summed E-state index contributed by atoms with van der Waals surface area (Å²) in [5.74, 6) is -1.06. The van der Waals surface area contributed by atoms with E-state index in [0.717, 1.165) is 0 Å². The molecule has 0 aliphatic rings. The number of hydrogen-bond donors (Lipinski definition) is 2. The lowest BCUT2D eigenvalue weighted by Gasteiger charge is -2.19. The second-order valence-corrected chi connectivity index (χ2v) is 5.98. The number of anilines is 1. The van der Waals surface area contributed by atoms with Crippen LogP contribution in [0.15, 0.2) is 10.5 Å². The van der Waals surface area contributed by atoms with E-state index >= 15 is 0 Å². The molecule has 2 N–H and O–H groups in total. The highest BCUT2D eigenvalue weighted by molar-refractivity contribution is 9.10. The SMILES string of the molecule is CNc1nc(O)c(Br)cc1C(=O)CC(=O)OC(C)(C)C. The van der Waals surface area contributed by atoms with Gasteiger partial charge in [-0.15, -0.1) is 0 Å². The van der Waals surface area contributed by atoms with E-state index in [1.807, 2.05) is 0 Å². The molecule has 0 saturated carbocycles. The van der Waals surface area contributed by atoms with Crippen LogP contribution in [0.4, 0.5) is 5.82 Å². The Labute approximate surface area is 125 Å². The molecule has 20 heavy (non-hydrogen) atoms. The maximum atomic E-state index is 12.1. The molecule has 0 unspecified atom stereocenters. The van der Waals surface area contributed by atoms with E-state index in [1.165, 1.54) is 6.07 Å². The smallest absolute Gasteiger partial charge is 0.314 e. The first-order valence-electron chi connectivity index (χ1n) is 5.96. The molecule has 0 atom stereocenters. The largest absolute Gasteiger partial charge is 0.492 e. The number of halogens is 1. The summed E-state index contributed by atoms with van der Waals surface area (Å²) in [7, 11) is 1.57. The Bertz CT molecular complexity index is 538. The molecule has 0 radical (unpaired) electrons. The van der Waals surface area contributed by atoms with E-state index in [2.05, 4.69) is 26.2 Å². The topological polar surface area (TPSA) is 88.5 Å². The van der Waals surface area contributed by atoms with Gasteiger partial charge in [0.15, 0.2) is 5.78 Å². The molecule has 1 heterocycles. The fraction of sp³-hybridized carbons (Fsp3) is 0.462. The number of ketones is 1. The van der Waals surface area contributed by atoms with Gasteiger partial charge in [0.05, 0.1) is 10.0 Å². The van der Waals surface area contributed by atoms with Crippen LogP contribution in [0.2, 0.25) is 0 Å². The molecular formula is C13H17BrN2O4. The van der Waals surface area contributed by atoms with Crippen molar-refractivity contribution in [1.82, 2.24) is 4.98 Å². The molecule has 1 rings (SSSR count). The quantitative estimate of drug-likeness (QED) is 0.495. The normalized spacial score (nSPS) is 11.1. The fourth-order valence-corrected chi connectivity index (χ4v) is 1.80. The molecule has 0 aliphatic heterocycles. The zero-order valence-corrected chi connectivity index (χ0v) is 13.4. The van der Waals surface area contributed by atoms with Crippen LogP contribution in [0.25, 0.3) is 0 Å². The van der Waals surface area contributed by atoms with Gasteiger partial charge >= 0.3 is 5.97 Å². The average molecular weight is 345 g/mol. The van der Waals surface area contributed by atoms with Crippen molar-refractivity contribution in [1.29, 1.82) is 0 Å². The molecule has 0 aliphatic carbocycles. The average Bonchev–Trinajstić information content (AvgIpc) is 2.29. The van der Waals surface area contributed by atoms with E-state index in [-0.39, 0.29) is 28.2 Å². The number of Topliss-reactive ketones (excluding diaryl/α,β-unsaturated/α-hetero) is 1. The minimum atomic E-state index is -0.642. The van der Waals surface area contributed by atoms with E-state index in [9.17, 15) is 14.7 Å². The van der Waals surface area contributed by atoms with Gasteiger partial charge in [0, 0.05) is 7.05 Å². The first kappa shape index (κ1) is 16.4. The summed E-state index contributed by atoms with van der Waals surface area (Å²) in [6.07, 6.45) is -0.384. The number of pyridine rings is 1. The summed E-state index contributed by atoms with van der Waals surface area (Å²) in [6, 6.07) is 1.42. The second kappa shape index (κ2) is 6.21. The molecule has 0 bridgehead atoms. The summed E-state index contributed by atoms with van der Waals surface area (Å²) in [6.45, 7) is 5.19. The van der Waals surface area contributed by atoms with Gasteiger partial charge in [-0.3, -0.25) is 9.59 Å². The lowest BCUT2D eigenvalue weighted by Crippen LogP contribution is -2.25. The third kappa shape index (κ3) is 4.48. The van der Waals surface area contributed by atoms with E-state index < -0.39 is 17.4 Å². The van der Waals surface area contributed by atoms with Gasteiger partial charge in [-0.1, -0.05) is 0 Å². The number of hydrogen-bond acceptors (Lipinski definition) is 6. The third-order valence-corrected chi connectivity index (χ3v) is 2.80. The van der Waals surface area contributed by atoms with Gasteiger partial charge in [-0.05, 0) is 42.8 Å². The Balaban J connectivity index is 2.93. The molecular weight excluding hydrogens is 328 g/mol. The summed E-state index contributed by atoms with van der Waals surface area (Å²) < 4.78 is 5.38. The summed E-state index contributed by atoms with van der Waals surface area (Å²) in [5, 5.41) is 12.2. The number of esters is 1. The summed E-state index contributed by atoms with van der Waals surface area (Å²) >= 11 is 3.08. The lowest BCUT2D eigenvalue weighted by atomic mass is 10.1. The highest BCUT2D eigenvalue weighted by Gasteiger charge is 2.22. The molecule has 7 heteroatoms. The molecule has 0 saturated heterocycles. The van der Waals surface area contributed by atoms with Crippen molar-refractivity contribution in [3.8, 4) is 5.88 Å². The number of nitrogens with one attached hydrogen (secondary N) is 1. The van der Waals surface area contributed by atoms with Gasteiger partial charge < -0.3 is 15.2 Å². The van der Waals surface area contributed by atoms with Crippen molar-refractivity contribution in [3.05, 3.63) is 16.1 Å². The Hall–Kier alpha value is -1.63. The predicted molar refractivity (Wildman–Crippen MR) is 77.9 cm³/mol. The van der Waals surface area contributed by atoms with Crippen LogP contribution in [-0.4, -0.2) is 34.5 Å². The van der Waals surface area contributed by atoms with Crippen LogP contribution in [0.1, 0.15) is 37.6 Å². The first-order valence-corrected chi connectivity index (χ1v) is 6.75. The first-order chi connectivity index (χ1) is 9.14. The summed E-state index contributed by atoms with van der Waals surface area (Å²) in [5.41, 5.74) is -0.431. The van der Waals surface area contributed by atoms with Crippen LogP contribution in [0.3, 0.4) is 0 Å². The zero-order valence-electron chi connectivity index (χ0n) is 11.8. The highest BCUT2D eigenvalue weighted by Crippen LogP contribution is 2.27. The van der Waals surface area contributed by atoms with Crippen molar-refractivity contribution in [2.24, 2.45) is 0 Å². The third-order valence-electron chi connectivity index (χ3n) is 2.22. The molecule has 1 aromatic rings. The number of carbonyl (C=O) groups is 2. The highest BCUT2D eigenvalue weighted by atomic mass is 79.9. The molecule has 0 aromatic carbocycles. The van der Waals surface area contributed by atoms with Crippen molar-refractivity contribution in [3.63, 3.8) is 0 Å². The number of carbonyl (C=O) groups excluding carboxylic acids is 2. The van der Waals surface area contributed by atoms with Crippen molar-refractivity contribution >= 4 is 33.5 Å². The molecule has 6 nitrogen and oxygen atoms in total. The molecule has 0 spiro atoms. The van der Waals surface area contributed by atoms with Crippen LogP contribution in [0.5, 0.6) is 5.88 Å². The van der Waals surface area contributed by atoms with Crippen LogP contribution >= 0.6 is 15.9 Å². The van der Waals surface area contributed by atoms with E-state index in [0.29, 0.717) is 0 Å². The number of rotatable bonds is 4. The van der Waals surface area contributed by atoms with Crippen molar-refractivity contribution in [2.75, 3.05) is 12.4 Å². The van der Waals surface area contributed by atoms with E-state index in [1.54, 1.807) is 27.8 Å². The predicted octanol–water partition coefficient (Wildman–Crippen LogP) is 2.51. The molecule has 0 fully saturated rings. The Morgan fingerprint density at radius 1 is 1.45 bits per heavy atom. The van der Waals surface area contributed by atoms with Gasteiger partial charge in [0.1, 0.15) is 17.8 Å². The molecule has 110 valence electrons. The minimum Gasteiger partial charge on any atom is -0.492 e. The molecule has 1 aromatic heterocycles. The standard InChI is InChI=1S/C13H17BrN2O4/c1-13(2,3)20-10(18)6-9(17)7-5-8(14)12(19)16-11(7)15-4/h5H,6H2,1-4H3,(H2,15,16,19). The van der Waals surface area contributed by atoms with Gasteiger partial charge in [-0.25, -0.2) is 0 Å². The monoisotopic (exact) mass is 344 g/mol. The summed E-state index contributed by atoms with van der Waals surface area (Å²) in [4.78, 5) is 27.6. The minimum absolute atomic E-state index is 0.208. The Morgan fingerprint density at radius 2 is 2.05 bits per heavy atom. The number of nitrogens with zero attached hydrogens (tertiary/aromatic N) is 1. The zero-order chi connectivity index (χ0) is 15.5. The van der Waals surface area contributed by atoms with Crippen LogP contribution in [-0.2, 0) is 9.53 Å². The Morgan fingerprint density at radius 3 is 2.55 bits per heavy atom. The maximum Gasteiger partial charge on any atom is 0.314 e. The Kier molecular flexibility index (Phi) is 5.10. The number of ether oxygens (including phenoxy) is 1. The fourth-order valence-electron chi connectivity index (χ4n) is 1.49. The number of aromatic nitrogens is 1. The number of aromatic hydroxyl groups is 1. The van der Waals surface area contributed by atoms with Crippen LogP contribution < -0.4 is 5.32 Å². The molecule has 0 amide bonds. The van der Waals surface area contributed by atoms with Crippen molar-refractivity contribution < 1.29 is 19.4 Å². The van der Waals surface area contributed by atoms with Gasteiger partial charge in [0.2, 0.25) is 5.88 Å². The van der Waals surface area contributed by atoms with Gasteiger partial charge in [-0.2, -0.15) is 4.98 Å². The lowest BCUT2D eigenvalue weighted by molar-refractivity contribution is -0.153. The van der Waals surface area contributed by atoms with E-state index in [4.69, 9.17) is 4.74 Å². The maximum absolute atomic E-state index is 12.1. The second-order valence-electron chi connectivity index (χ2n) is 5.13.